The summed E-state index contributed by atoms with van der Waals surface area (Å²) in [5, 5.41) is 0.600. The van der Waals surface area contributed by atoms with Gasteiger partial charge in [0.15, 0.2) is 0 Å². The van der Waals surface area contributed by atoms with Crippen molar-refractivity contribution >= 4 is 11.6 Å². The Labute approximate surface area is 114 Å². The van der Waals surface area contributed by atoms with Crippen molar-refractivity contribution < 1.29 is 9.47 Å². The summed E-state index contributed by atoms with van der Waals surface area (Å²) in [6.45, 7) is 8.48. The van der Waals surface area contributed by atoms with E-state index in [2.05, 4.69) is 0 Å². The van der Waals surface area contributed by atoms with E-state index in [4.69, 9.17) is 26.8 Å². The third kappa shape index (κ3) is 4.39. The fraction of sp³-hybridized carbons (Fsp3) is 0.571. The molecule has 2 N–H and O–H groups in total. The number of nitrogens with two attached hydrogens (primary N) is 1. The van der Waals surface area contributed by atoms with Crippen LogP contribution in [0.5, 0.6) is 11.5 Å². The molecule has 1 aromatic rings. The van der Waals surface area contributed by atoms with Crippen molar-refractivity contribution in [1.29, 1.82) is 0 Å². The van der Waals surface area contributed by atoms with Crippen molar-refractivity contribution in [3.63, 3.8) is 0 Å². The average molecular weight is 272 g/mol. The first-order valence-corrected chi connectivity index (χ1v) is 6.67. The summed E-state index contributed by atoms with van der Waals surface area (Å²) < 4.78 is 11.4. The molecule has 0 atom stereocenters. The van der Waals surface area contributed by atoms with Gasteiger partial charge in [-0.2, -0.15) is 0 Å². The van der Waals surface area contributed by atoms with E-state index in [0.29, 0.717) is 17.3 Å². The molecule has 0 unspecified atom stereocenters. The van der Waals surface area contributed by atoms with Gasteiger partial charge in [0, 0.05) is 6.07 Å². The first-order chi connectivity index (χ1) is 8.43. The second kappa shape index (κ2) is 6.86. The highest BCUT2D eigenvalue weighted by Crippen LogP contribution is 2.34. The smallest absolute Gasteiger partial charge is 0.141 e. The Morgan fingerprint density at radius 2 is 1.61 bits per heavy atom. The third-order valence-corrected chi connectivity index (χ3v) is 2.55. The highest BCUT2D eigenvalue weighted by Gasteiger charge is 2.12. The summed E-state index contributed by atoms with van der Waals surface area (Å²) in [7, 11) is 0. The van der Waals surface area contributed by atoms with E-state index in [-0.39, 0.29) is 12.2 Å². The summed E-state index contributed by atoms with van der Waals surface area (Å²) in [4.78, 5) is 0. The lowest BCUT2D eigenvalue weighted by molar-refractivity contribution is 0.227. The molecule has 0 radical (unpaired) electrons. The molecule has 0 fully saturated rings. The van der Waals surface area contributed by atoms with Gasteiger partial charge in [0.1, 0.15) is 11.5 Å². The predicted octanol–water partition coefficient (Wildman–Crippen LogP) is 3.42. The van der Waals surface area contributed by atoms with Crippen LogP contribution in [0.1, 0.15) is 33.3 Å². The fourth-order valence-electron chi connectivity index (χ4n) is 1.63. The van der Waals surface area contributed by atoms with Crippen LogP contribution in [0.4, 0.5) is 0 Å². The van der Waals surface area contributed by atoms with E-state index in [1.54, 1.807) is 0 Å². The van der Waals surface area contributed by atoms with Crippen molar-refractivity contribution in [3.05, 3.63) is 22.7 Å². The lowest BCUT2D eigenvalue weighted by Crippen LogP contribution is -2.11. The molecule has 1 rings (SSSR count). The van der Waals surface area contributed by atoms with Crippen molar-refractivity contribution in [1.82, 2.24) is 0 Å². The minimum absolute atomic E-state index is 0.0785. The highest BCUT2D eigenvalue weighted by atomic mass is 35.5. The van der Waals surface area contributed by atoms with Gasteiger partial charge in [-0.05, 0) is 52.3 Å². The summed E-state index contributed by atoms with van der Waals surface area (Å²) in [5.41, 5.74) is 6.62. The zero-order valence-electron chi connectivity index (χ0n) is 11.5. The minimum Gasteiger partial charge on any atom is -0.491 e. The molecule has 0 saturated heterocycles. The maximum Gasteiger partial charge on any atom is 0.141 e. The number of rotatable bonds is 6. The molecule has 0 spiro atoms. The van der Waals surface area contributed by atoms with E-state index in [1.165, 1.54) is 0 Å². The number of hydrogen-bond acceptors (Lipinski definition) is 3. The Morgan fingerprint density at radius 3 is 2.11 bits per heavy atom. The Morgan fingerprint density at radius 1 is 1.06 bits per heavy atom. The fourth-order valence-corrected chi connectivity index (χ4v) is 1.87. The van der Waals surface area contributed by atoms with Gasteiger partial charge >= 0.3 is 0 Å². The Hall–Kier alpha value is -0.930. The second-order valence-electron chi connectivity index (χ2n) is 4.76. The van der Waals surface area contributed by atoms with Gasteiger partial charge in [-0.15, -0.1) is 0 Å². The van der Waals surface area contributed by atoms with Gasteiger partial charge in [0.2, 0.25) is 0 Å². The summed E-state index contributed by atoms with van der Waals surface area (Å²) in [6, 6.07) is 3.73. The predicted molar refractivity (Wildman–Crippen MR) is 75.7 cm³/mol. The number of hydrogen-bond donors (Lipinski definition) is 1. The van der Waals surface area contributed by atoms with Gasteiger partial charge < -0.3 is 15.2 Å². The second-order valence-corrected chi connectivity index (χ2v) is 5.17. The van der Waals surface area contributed by atoms with Crippen molar-refractivity contribution in [3.8, 4) is 11.5 Å². The van der Waals surface area contributed by atoms with Gasteiger partial charge in [-0.1, -0.05) is 11.6 Å². The van der Waals surface area contributed by atoms with Crippen LogP contribution >= 0.6 is 11.6 Å². The average Bonchev–Trinajstić information content (AvgIpc) is 2.23. The topological polar surface area (TPSA) is 44.5 Å². The molecule has 0 saturated carbocycles. The summed E-state index contributed by atoms with van der Waals surface area (Å²) in [5.74, 6) is 1.46. The first kappa shape index (κ1) is 15.1. The minimum atomic E-state index is 0.0785. The van der Waals surface area contributed by atoms with Crippen molar-refractivity contribution in [2.24, 2.45) is 5.73 Å². The van der Waals surface area contributed by atoms with Crippen LogP contribution in [0.15, 0.2) is 12.1 Å². The van der Waals surface area contributed by atoms with Crippen LogP contribution in [0, 0.1) is 0 Å². The summed E-state index contributed by atoms with van der Waals surface area (Å²) >= 11 is 6.20. The molecule has 18 heavy (non-hydrogen) atoms. The standard InChI is InChI=1S/C14H22ClNO2/c1-9(2)17-13-8-14(18-10(3)4)12(15)7-11(13)5-6-16/h7-10H,5-6,16H2,1-4H3. The molecule has 0 aliphatic heterocycles. The van der Waals surface area contributed by atoms with E-state index in [9.17, 15) is 0 Å². The summed E-state index contributed by atoms with van der Waals surface area (Å²) in [6.07, 6.45) is 0.924. The van der Waals surface area contributed by atoms with E-state index >= 15 is 0 Å². The molecule has 0 aliphatic carbocycles. The zero-order valence-corrected chi connectivity index (χ0v) is 12.3. The molecule has 0 bridgehead atoms. The molecule has 1 aromatic carbocycles. The quantitative estimate of drug-likeness (QED) is 0.862. The molecule has 0 aromatic heterocycles. The Bertz CT molecular complexity index is 392. The van der Waals surface area contributed by atoms with Gasteiger partial charge in [0.25, 0.3) is 0 Å². The van der Waals surface area contributed by atoms with Crippen molar-refractivity contribution in [2.75, 3.05) is 6.54 Å². The molecule has 0 heterocycles. The normalized spacial score (nSPS) is 11.1. The lowest BCUT2D eigenvalue weighted by atomic mass is 10.1. The molecule has 102 valence electrons. The molecule has 4 heteroatoms. The lowest BCUT2D eigenvalue weighted by Gasteiger charge is -2.18. The Balaban J connectivity index is 3.08. The number of ether oxygens (including phenoxy) is 2. The monoisotopic (exact) mass is 271 g/mol. The largest absolute Gasteiger partial charge is 0.491 e. The van der Waals surface area contributed by atoms with Crippen molar-refractivity contribution in [2.45, 2.75) is 46.3 Å². The Kier molecular flexibility index (Phi) is 5.76. The van der Waals surface area contributed by atoms with Crippen LogP contribution in [0.25, 0.3) is 0 Å². The maximum atomic E-state index is 6.20. The number of halogens is 1. The SMILES string of the molecule is CC(C)Oc1cc(OC(C)C)c(CCN)cc1Cl. The zero-order chi connectivity index (χ0) is 13.7. The third-order valence-electron chi connectivity index (χ3n) is 2.25. The van der Waals surface area contributed by atoms with Crippen LogP contribution in [0.3, 0.4) is 0 Å². The van der Waals surface area contributed by atoms with E-state index in [1.807, 2.05) is 39.8 Å². The molecular formula is C14H22ClNO2. The maximum absolute atomic E-state index is 6.20. The number of benzene rings is 1. The molecule has 3 nitrogen and oxygen atoms in total. The van der Waals surface area contributed by atoms with Crippen LogP contribution in [-0.4, -0.2) is 18.8 Å². The van der Waals surface area contributed by atoms with Crippen LogP contribution in [-0.2, 0) is 6.42 Å². The van der Waals surface area contributed by atoms with Crippen LogP contribution < -0.4 is 15.2 Å². The highest BCUT2D eigenvalue weighted by molar-refractivity contribution is 6.32. The van der Waals surface area contributed by atoms with Crippen LogP contribution in [0.2, 0.25) is 5.02 Å². The van der Waals surface area contributed by atoms with E-state index in [0.717, 1.165) is 17.7 Å². The van der Waals surface area contributed by atoms with Gasteiger partial charge in [0.05, 0.1) is 17.2 Å². The van der Waals surface area contributed by atoms with Gasteiger partial charge in [-0.25, -0.2) is 0 Å². The molecular weight excluding hydrogens is 250 g/mol. The first-order valence-electron chi connectivity index (χ1n) is 6.29. The molecule has 0 aliphatic rings. The van der Waals surface area contributed by atoms with E-state index < -0.39 is 0 Å². The van der Waals surface area contributed by atoms with Gasteiger partial charge in [-0.3, -0.25) is 0 Å². The molecule has 0 amide bonds.